The number of nitriles is 1. The van der Waals surface area contributed by atoms with Crippen LogP contribution < -0.4 is 10.1 Å². The molecule has 0 aliphatic carbocycles. The molecule has 0 bridgehead atoms. The van der Waals surface area contributed by atoms with E-state index in [0.29, 0.717) is 6.04 Å². The number of hydrogen-bond acceptors (Lipinski definition) is 3. The predicted octanol–water partition coefficient (Wildman–Crippen LogP) is 3.65. The van der Waals surface area contributed by atoms with E-state index < -0.39 is 0 Å². The van der Waals surface area contributed by atoms with Gasteiger partial charge in [0.25, 0.3) is 0 Å². The molecule has 0 heterocycles. The van der Waals surface area contributed by atoms with Gasteiger partial charge in [-0.25, -0.2) is 0 Å². The van der Waals surface area contributed by atoms with Gasteiger partial charge < -0.3 is 10.1 Å². The summed E-state index contributed by atoms with van der Waals surface area (Å²) in [5, 5.41) is 12.0. The highest BCUT2D eigenvalue weighted by Gasteiger charge is 2.02. The molecule has 0 saturated carbocycles. The Hall–Kier alpha value is -1.53. The molecule has 1 aromatic carbocycles. The Balaban J connectivity index is 2.34. The summed E-state index contributed by atoms with van der Waals surface area (Å²) in [5.41, 5.74) is 1.19. The van der Waals surface area contributed by atoms with Crippen molar-refractivity contribution in [1.82, 2.24) is 5.32 Å². The third kappa shape index (κ3) is 6.83. The van der Waals surface area contributed by atoms with Crippen LogP contribution in [0, 0.1) is 11.3 Å². The van der Waals surface area contributed by atoms with Gasteiger partial charge in [-0.05, 0) is 31.0 Å². The maximum Gasteiger partial charge on any atom is 0.174 e. The second kappa shape index (κ2) is 9.41. The molecule has 0 aliphatic heterocycles. The molecule has 0 aliphatic rings. The van der Waals surface area contributed by atoms with Gasteiger partial charge in [0.15, 0.2) is 6.61 Å². The van der Waals surface area contributed by atoms with Crippen LogP contribution in [0.1, 0.15) is 45.1 Å². The van der Waals surface area contributed by atoms with Crippen molar-refractivity contribution < 1.29 is 4.74 Å². The minimum Gasteiger partial charge on any atom is -0.479 e. The van der Waals surface area contributed by atoms with Crippen molar-refractivity contribution in [3.63, 3.8) is 0 Å². The van der Waals surface area contributed by atoms with Crippen LogP contribution in [0.3, 0.4) is 0 Å². The summed E-state index contributed by atoms with van der Waals surface area (Å²) in [6.45, 7) is 5.40. The fourth-order valence-corrected chi connectivity index (χ4v) is 1.96. The predicted molar refractivity (Wildman–Crippen MR) is 78.0 cm³/mol. The number of nitrogens with zero attached hydrogens (tertiary/aromatic N) is 1. The fraction of sp³-hybridized carbons (Fsp3) is 0.562. The molecule has 1 aromatic rings. The van der Waals surface area contributed by atoms with E-state index in [2.05, 4.69) is 25.2 Å². The summed E-state index contributed by atoms with van der Waals surface area (Å²) < 4.78 is 5.29. The van der Waals surface area contributed by atoms with Crippen LogP contribution in [-0.4, -0.2) is 12.6 Å². The topological polar surface area (TPSA) is 45.0 Å². The Morgan fingerprint density at radius 1 is 1.37 bits per heavy atom. The van der Waals surface area contributed by atoms with Crippen LogP contribution in [0.2, 0.25) is 0 Å². The van der Waals surface area contributed by atoms with Gasteiger partial charge in [-0.15, -0.1) is 0 Å². The van der Waals surface area contributed by atoms with E-state index in [1.165, 1.54) is 31.2 Å². The maximum atomic E-state index is 8.49. The molecule has 0 radical (unpaired) electrons. The third-order valence-electron chi connectivity index (χ3n) is 3.10. The van der Waals surface area contributed by atoms with Gasteiger partial charge in [-0.1, -0.05) is 38.3 Å². The molecule has 3 heteroatoms. The molecule has 3 nitrogen and oxygen atoms in total. The lowest BCUT2D eigenvalue weighted by Gasteiger charge is -2.14. The zero-order chi connectivity index (χ0) is 13.9. The quantitative estimate of drug-likeness (QED) is 0.689. The minimum atomic E-state index is 0.101. The van der Waals surface area contributed by atoms with Crippen LogP contribution in [0.15, 0.2) is 24.3 Å². The molecule has 0 spiro atoms. The van der Waals surface area contributed by atoms with Crippen molar-refractivity contribution in [2.45, 2.75) is 52.1 Å². The standard InChI is InChI=1S/C16H24N2O/c1-3-4-5-7-14(2)18-13-15-8-6-9-16(12-15)19-11-10-17/h6,8-9,12,14,18H,3-5,7,11,13H2,1-2H3. The van der Waals surface area contributed by atoms with Crippen LogP contribution in [-0.2, 0) is 6.54 Å². The first-order valence-corrected chi connectivity index (χ1v) is 7.08. The van der Waals surface area contributed by atoms with Gasteiger partial charge in [0.1, 0.15) is 11.8 Å². The molecule has 1 N–H and O–H groups in total. The number of nitrogens with one attached hydrogen (secondary N) is 1. The van der Waals surface area contributed by atoms with Gasteiger partial charge in [0, 0.05) is 12.6 Å². The van der Waals surface area contributed by atoms with Crippen LogP contribution in [0.25, 0.3) is 0 Å². The summed E-state index contributed by atoms with van der Waals surface area (Å²) >= 11 is 0. The highest BCUT2D eigenvalue weighted by atomic mass is 16.5. The van der Waals surface area contributed by atoms with Gasteiger partial charge in [-0.2, -0.15) is 5.26 Å². The average molecular weight is 260 g/mol. The first-order valence-electron chi connectivity index (χ1n) is 7.08. The van der Waals surface area contributed by atoms with E-state index in [-0.39, 0.29) is 6.61 Å². The molecule has 0 saturated heterocycles. The van der Waals surface area contributed by atoms with E-state index in [1.807, 2.05) is 24.3 Å². The zero-order valence-corrected chi connectivity index (χ0v) is 12.0. The van der Waals surface area contributed by atoms with Crippen molar-refractivity contribution >= 4 is 0 Å². The summed E-state index contributed by atoms with van der Waals surface area (Å²) in [4.78, 5) is 0. The first kappa shape index (κ1) is 15.5. The molecule has 0 aromatic heterocycles. The molecular weight excluding hydrogens is 236 g/mol. The Bertz CT molecular complexity index is 398. The number of rotatable bonds is 9. The number of unbranched alkanes of at least 4 members (excludes halogenated alkanes) is 2. The Morgan fingerprint density at radius 2 is 2.21 bits per heavy atom. The SMILES string of the molecule is CCCCCC(C)NCc1cccc(OCC#N)c1. The maximum absolute atomic E-state index is 8.49. The molecule has 104 valence electrons. The van der Waals surface area contributed by atoms with E-state index >= 15 is 0 Å². The van der Waals surface area contributed by atoms with Crippen LogP contribution in [0.4, 0.5) is 0 Å². The summed E-state index contributed by atoms with van der Waals surface area (Å²) in [7, 11) is 0. The molecule has 0 amide bonds. The molecular formula is C16H24N2O. The largest absolute Gasteiger partial charge is 0.479 e. The summed E-state index contributed by atoms with van der Waals surface area (Å²) in [6, 6.07) is 10.4. The second-order valence-electron chi connectivity index (χ2n) is 4.87. The third-order valence-corrected chi connectivity index (χ3v) is 3.10. The summed E-state index contributed by atoms with van der Waals surface area (Å²) in [5.74, 6) is 0.763. The number of benzene rings is 1. The fourth-order valence-electron chi connectivity index (χ4n) is 1.96. The Morgan fingerprint density at radius 3 is 2.95 bits per heavy atom. The molecule has 0 fully saturated rings. The van der Waals surface area contributed by atoms with Gasteiger partial charge in [-0.3, -0.25) is 0 Å². The monoisotopic (exact) mass is 260 g/mol. The highest BCUT2D eigenvalue weighted by molar-refractivity contribution is 5.28. The van der Waals surface area contributed by atoms with Crippen LogP contribution in [0.5, 0.6) is 5.75 Å². The van der Waals surface area contributed by atoms with Gasteiger partial charge >= 0.3 is 0 Å². The normalized spacial score (nSPS) is 11.8. The van der Waals surface area contributed by atoms with Crippen molar-refractivity contribution in [2.75, 3.05) is 6.61 Å². The minimum absolute atomic E-state index is 0.101. The van der Waals surface area contributed by atoms with Crippen molar-refractivity contribution in [1.29, 1.82) is 5.26 Å². The molecule has 19 heavy (non-hydrogen) atoms. The van der Waals surface area contributed by atoms with E-state index in [0.717, 1.165) is 12.3 Å². The lowest BCUT2D eigenvalue weighted by molar-refractivity contribution is 0.367. The average Bonchev–Trinajstić information content (AvgIpc) is 2.44. The van der Waals surface area contributed by atoms with Crippen molar-refractivity contribution in [3.05, 3.63) is 29.8 Å². The van der Waals surface area contributed by atoms with Crippen molar-refractivity contribution in [2.24, 2.45) is 0 Å². The smallest absolute Gasteiger partial charge is 0.174 e. The zero-order valence-electron chi connectivity index (χ0n) is 12.0. The second-order valence-corrected chi connectivity index (χ2v) is 4.87. The van der Waals surface area contributed by atoms with Gasteiger partial charge in [0.2, 0.25) is 0 Å². The number of hydrogen-bond donors (Lipinski definition) is 1. The molecule has 1 unspecified atom stereocenters. The van der Waals surface area contributed by atoms with E-state index in [1.54, 1.807) is 0 Å². The lowest BCUT2D eigenvalue weighted by atomic mass is 10.1. The first-order chi connectivity index (χ1) is 9.26. The molecule has 1 rings (SSSR count). The van der Waals surface area contributed by atoms with Crippen LogP contribution >= 0.6 is 0 Å². The Labute approximate surface area is 116 Å². The Kier molecular flexibility index (Phi) is 7.69. The van der Waals surface area contributed by atoms with Crippen molar-refractivity contribution in [3.8, 4) is 11.8 Å². The van der Waals surface area contributed by atoms with Gasteiger partial charge in [0.05, 0.1) is 0 Å². The summed E-state index contributed by atoms with van der Waals surface area (Å²) in [6.07, 6.45) is 5.09. The van der Waals surface area contributed by atoms with E-state index in [4.69, 9.17) is 10.00 Å². The highest BCUT2D eigenvalue weighted by Crippen LogP contribution is 2.13. The lowest BCUT2D eigenvalue weighted by Crippen LogP contribution is -2.25. The number of ether oxygens (including phenoxy) is 1. The molecule has 1 atom stereocenters. The van der Waals surface area contributed by atoms with E-state index in [9.17, 15) is 0 Å².